The van der Waals surface area contributed by atoms with E-state index in [1.165, 1.54) is 0 Å². The van der Waals surface area contributed by atoms with Crippen LogP contribution < -0.4 is 5.32 Å². The van der Waals surface area contributed by atoms with Crippen molar-refractivity contribution in [3.05, 3.63) is 17.5 Å². The Kier molecular flexibility index (Phi) is 4.49. The second kappa shape index (κ2) is 5.66. The lowest BCUT2D eigenvalue weighted by molar-refractivity contribution is -0.117. The molecule has 0 unspecified atom stereocenters. The number of ketones is 1. The quantitative estimate of drug-likeness (QED) is 0.750. The molecule has 0 saturated carbocycles. The summed E-state index contributed by atoms with van der Waals surface area (Å²) < 4.78 is 1.79. The Morgan fingerprint density at radius 3 is 2.80 bits per heavy atom. The Hall–Kier alpha value is -1.16. The van der Waals surface area contributed by atoms with Gasteiger partial charge in [-0.2, -0.15) is 5.10 Å². The van der Waals surface area contributed by atoms with Crippen molar-refractivity contribution in [2.24, 2.45) is 7.05 Å². The Bertz CT molecular complexity index is 331. The van der Waals surface area contributed by atoms with Crippen LogP contribution in [0.3, 0.4) is 0 Å². The molecule has 4 nitrogen and oxygen atoms in total. The summed E-state index contributed by atoms with van der Waals surface area (Å²) in [6.45, 7) is 5.33. The smallest absolute Gasteiger partial charge is 0.152 e. The molecule has 0 saturated heterocycles. The standard InChI is InChI=1S/C11H19N3O/c1-4-9-6-10(14(3)13-9)7-11(15)8-12-5-2/h6,12H,4-5,7-8H2,1-3H3. The van der Waals surface area contributed by atoms with Crippen LogP contribution in [0.4, 0.5) is 0 Å². The fraction of sp³-hybridized carbons (Fsp3) is 0.636. The molecule has 0 atom stereocenters. The molecule has 4 heteroatoms. The molecule has 0 radical (unpaired) electrons. The Labute approximate surface area is 90.7 Å². The molecular weight excluding hydrogens is 190 g/mol. The molecule has 0 amide bonds. The Morgan fingerprint density at radius 2 is 2.27 bits per heavy atom. The number of carbonyl (C=O) groups is 1. The van der Waals surface area contributed by atoms with E-state index in [1.807, 2.05) is 20.0 Å². The fourth-order valence-electron chi connectivity index (χ4n) is 1.44. The Morgan fingerprint density at radius 1 is 1.53 bits per heavy atom. The summed E-state index contributed by atoms with van der Waals surface area (Å²) in [4.78, 5) is 11.5. The van der Waals surface area contributed by atoms with Gasteiger partial charge in [0.15, 0.2) is 5.78 Å². The number of Topliss-reactive ketones (excluding diaryl/α,β-unsaturated/α-hetero) is 1. The highest BCUT2D eigenvalue weighted by Gasteiger charge is 2.08. The molecule has 1 heterocycles. The topological polar surface area (TPSA) is 46.9 Å². The molecule has 84 valence electrons. The third kappa shape index (κ3) is 3.47. The van der Waals surface area contributed by atoms with E-state index in [0.717, 1.165) is 24.4 Å². The van der Waals surface area contributed by atoms with E-state index in [4.69, 9.17) is 0 Å². The number of rotatable bonds is 6. The lowest BCUT2D eigenvalue weighted by atomic mass is 10.2. The number of aromatic nitrogens is 2. The van der Waals surface area contributed by atoms with Crippen molar-refractivity contribution in [3.63, 3.8) is 0 Å². The first-order valence-corrected chi connectivity index (χ1v) is 5.41. The van der Waals surface area contributed by atoms with E-state index < -0.39 is 0 Å². The molecule has 0 aliphatic rings. The van der Waals surface area contributed by atoms with Crippen LogP contribution in [0.25, 0.3) is 0 Å². The number of nitrogens with zero attached hydrogens (tertiary/aromatic N) is 2. The summed E-state index contributed by atoms with van der Waals surface area (Å²) in [7, 11) is 1.88. The summed E-state index contributed by atoms with van der Waals surface area (Å²) in [5.74, 6) is 0.211. The second-order valence-electron chi connectivity index (χ2n) is 3.60. The van der Waals surface area contributed by atoms with Crippen molar-refractivity contribution < 1.29 is 4.79 Å². The zero-order valence-electron chi connectivity index (χ0n) is 9.71. The molecule has 1 aromatic rings. The van der Waals surface area contributed by atoms with Crippen LogP contribution in [0.2, 0.25) is 0 Å². The fourth-order valence-corrected chi connectivity index (χ4v) is 1.44. The van der Waals surface area contributed by atoms with Gasteiger partial charge in [0.2, 0.25) is 0 Å². The number of hydrogen-bond acceptors (Lipinski definition) is 3. The summed E-state index contributed by atoms with van der Waals surface area (Å²) in [5, 5.41) is 7.34. The molecule has 0 aliphatic carbocycles. The Balaban J connectivity index is 2.55. The van der Waals surface area contributed by atoms with Crippen molar-refractivity contribution in [2.75, 3.05) is 13.1 Å². The van der Waals surface area contributed by atoms with Crippen LogP contribution in [-0.2, 0) is 24.7 Å². The van der Waals surface area contributed by atoms with Gasteiger partial charge in [-0.15, -0.1) is 0 Å². The number of aryl methyl sites for hydroxylation is 2. The SMILES string of the molecule is CCNCC(=O)Cc1cc(CC)nn1C. The summed E-state index contributed by atoms with van der Waals surface area (Å²) in [6.07, 6.45) is 1.38. The van der Waals surface area contributed by atoms with E-state index in [-0.39, 0.29) is 5.78 Å². The largest absolute Gasteiger partial charge is 0.310 e. The van der Waals surface area contributed by atoms with Crippen molar-refractivity contribution in [3.8, 4) is 0 Å². The lowest BCUT2D eigenvalue weighted by Gasteiger charge is -2.01. The van der Waals surface area contributed by atoms with Gasteiger partial charge in [-0.25, -0.2) is 0 Å². The molecule has 0 fully saturated rings. The van der Waals surface area contributed by atoms with Crippen LogP contribution in [0.15, 0.2) is 6.07 Å². The van der Waals surface area contributed by atoms with E-state index in [9.17, 15) is 4.79 Å². The normalized spacial score (nSPS) is 10.6. The zero-order valence-corrected chi connectivity index (χ0v) is 9.71. The minimum atomic E-state index is 0.211. The van der Waals surface area contributed by atoms with E-state index >= 15 is 0 Å². The van der Waals surface area contributed by atoms with E-state index in [0.29, 0.717) is 13.0 Å². The van der Waals surface area contributed by atoms with Crippen molar-refractivity contribution in [1.82, 2.24) is 15.1 Å². The zero-order chi connectivity index (χ0) is 11.3. The molecule has 1 N–H and O–H groups in total. The van der Waals surface area contributed by atoms with Crippen LogP contribution >= 0.6 is 0 Å². The van der Waals surface area contributed by atoms with Gasteiger partial charge in [-0.3, -0.25) is 9.48 Å². The van der Waals surface area contributed by atoms with Crippen LogP contribution in [0.1, 0.15) is 25.2 Å². The maximum Gasteiger partial charge on any atom is 0.152 e. The average molecular weight is 209 g/mol. The van der Waals surface area contributed by atoms with Gasteiger partial charge in [0.25, 0.3) is 0 Å². The van der Waals surface area contributed by atoms with Gasteiger partial charge in [0.05, 0.1) is 12.2 Å². The third-order valence-corrected chi connectivity index (χ3v) is 2.34. The van der Waals surface area contributed by atoms with Crippen LogP contribution in [-0.4, -0.2) is 28.7 Å². The van der Waals surface area contributed by atoms with Gasteiger partial charge < -0.3 is 5.32 Å². The first-order valence-electron chi connectivity index (χ1n) is 5.41. The average Bonchev–Trinajstić information content (AvgIpc) is 2.57. The number of hydrogen-bond donors (Lipinski definition) is 1. The highest BCUT2D eigenvalue weighted by atomic mass is 16.1. The van der Waals surface area contributed by atoms with Crippen LogP contribution in [0, 0.1) is 0 Å². The molecule has 15 heavy (non-hydrogen) atoms. The molecule has 0 spiro atoms. The monoisotopic (exact) mass is 209 g/mol. The minimum absolute atomic E-state index is 0.211. The summed E-state index contributed by atoms with van der Waals surface area (Å²) >= 11 is 0. The van der Waals surface area contributed by atoms with Crippen molar-refractivity contribution in [1.29, 1.82) is 0 Å². The summed E-state index contributed by atoms with van der Waals surface area (Å²) in [5.41, 5.74) is 2.04. The van der Waals surface area contributed by atoms with Gasteiger partial charge in [-0.1, -0.05) is 13.8 Å². The van der Waals surface area contributed by atoms with Gasteiger partial charge in [0, 0.05) is 19.2 Å². The van der Waals surface area contributed by atoms with Crippen molar-refractivity contribution in [2.45, 2.75) is 26.7 Å². The molecule has 1 aromatic heterocycles. The number of carbonyl (C=O) groups excluding carboxylic acids is 1. The predicted molar refractivity (Wildman–Crippen MR) is 59.8 cm³/mol. The van der Waals surface area contributed by atoms with E-state index in [1.54, 1.807) is 4.68 Å². The highest BCUT2D eigenvalue weighted by molar-refractivity contribution is 5.82. The minimum Gasteiger partial charge on any atom is -0.310 e. The molecular formula is C11H19N3O. The molecule has 1 rings (SSSR count). The maximum atomic E-state index is 11.5. The molecule has 0 aromatic carbocycles. The first kappa shape index (κ1) is 11.9. The number of likely N-dealkylation sites (N-methyl/N-ethyl adjacent to an activating group) is 1. The number of nitrogens with one attached hydrogen (secondary N) is 1. The van der Waals surface area contributed by atoms with Gasteiger partial charge in [0.1, 0.15) is 0 Å². The third-order valence-electron chi connectivity index (χ3n) is 2.34. The van der Waals surface area contributed by atoms with E-state index in [2.05, 4.69) is 17.3 Å². The van der Waals surface area contributed by atoms with Gasteiger partial charge >= 0.3 is 0 Å². The van der Waals surface area contributed by atoms with Gasteiger partial charge in [-0.05, 0) is 19.0 Å². The molecule has 0 bridgehead atoms. The predicted octanol–water partition coefficient (Wildman–Crippen LogP) is 0.704. The highest BCUT2D eigenvalue weighted by Crippen LogP contribution is 2.04. The first-order chi connectivity index (χ1) is 7.17. The molecule has 0 aliphatic heterocycles. The van der Waals surface area contributed by atoms with Crippen molar-refractivity contribution >= 4 is 5.78 Å². The van der Waals surface area contributed by atoms with Crippen LogP contribution in [0.5, 0.6) is 0 Å². The maximum absolute atomic E-state index is 11.5. The summed E-state index contributed by atoms with van der Waals surface area (Å²) in [6, 6.07) is 2.00. The second-order valence-corrected chi connectivity index (χ2v) is 3.60. The lowest BCUT2D eigenvalue weighted by Crippen LogP contribution is -2.24.